The summed E-state index contributed by atoms with van der Waals surface area (Å²) < 4.78 is 16.7. The summed E-state index contributed by atoms with van der Waals surface area (Å²) in [5, 5.41) is 20.0. The summed E-state index contributed by atoms with van der Waals surface area (Å²) in [6.45, 7) is 6.03. The van der Waals surface area contributed by atoms with E-state index in [0.29, 0.717) is 52.1 Å². The number of aliphatic hydroxyl groups is 2. The van der Waals surface area contributed by atoms with E-state index in [2.05, 4.69) is 5.32 Å². The molecule has 5 N–H and O–H groups in total. The van der Waals surface area contributed by atoms with Crippen LogP contribution < -0.4 is 15.8 Å². The second kappa shape index (κ2) is 20.6. The monoisotopic (exact) mass is 518 g/mol. The summed E-state index contributed by atoms with van der Waals surface area (Å²) in [5.74, 6) is 0.793. The van der Waals surface area contributed by atoms with Gasteiger partial charge in [-0.25, -0.2) is 0 Å². The average molecular weight is 519 g/mol. The second-order valence-corrected chi connectivity index (χ2v) is 8.92. The van der Waals surface area contributed by atoms with Crippen molar-refractivity contribution in [2.24, 2.45) is 5.73 Å². The number of aryl methyl sites for hydroxylation is 1. The molecule has 1 amide bonds. The fourth-order valence-corrected chi connectivity index (χ4v) is 3.57. The van der Waals surface area contributed by atoms with Gasteiger partial charge in [0.05, 0.1) is 32.5 Å². The zero-order chi connectivity index (χ0) is 27.3. The number of amides is 1. The van der Waals surface area contributed by atoms with Crippen LogP contribution in [0.25, 0.3) is 0 Å². The van der Waals surface area contributed by atoms with E-state index in [1.54, 1.807) is 14.0 Å². The molecule has 0 bridgehead atoms. The van der Waals surface area contributed by atoms with Crippen molar-refractivity contribution in [2.45, 2.75) is 64.6 Å². The van der Waals surface area contributed by atoms with Gasteiger partial charge in [-0.2, -0.15) is 0 Å². The summed E-state index contributed by atoms with van der Waals surface area (Å²) in [5.41, 5.74) is 9.37. The quantitative estimate of drug-likeness (QED) is 0.237. The Bertz CT molecular complexity index is 850. The number of carbonyl (C=O) groups excluding carboxylic acids is 1. The highest BCUT2D eigenvalue weighted by molar-refractivity contribution is 5.76. The Kier molecular flexibility index (Phi) is 18.1. The molecular formula is C29H46N2O6. The maximum absolute atomic E-state index is 12.2. The summed E-state index contributed by atoms with van der Waals surface area (Å²) in [7, 11) is 1.68. The SMILES string of the molecule is CCO.COCCCOc1cc(COCC(N)CCCC(=O)NC(CO)Cc2ccccc2)ccc1C. The van der Waals surface area contributed by atoms with Crippen molar-refractivity contribution in [1.82, 2.24) is 5.32 Å². The molecule has 2 aromatic rings. The van der Waals surface area contributed by atoms with Crippen LogP contribution in [-0.4, -0.2) is 68.3 Å². The topological polar surface area (TPSA) is 123 Å². The van der Waals surface area contributed by atoms with Gasteiger partial charge in [-0.3, -0.25) is 4.79 Å². The first-order valence-electron chi connectivity index (χ1n) is 13.0. The second-order valence-electron chi connectivity index (χ2n) is 8.92. The van der Waals surface area contributed by atoms with Crippen molar-refractivity contribution >= 4 is 5.91 Å². The van der Waals surface area contributed by atoms with Gasteiger partial charge in [0.15, 0.2) is 0 Å². The standard InChI is InChI=1S/C27H40N2O5.C2H6O/c1-21-12-13-23(17-26(21)34-15-7-14-32-2)19-33-20-24(28)10-6-11-27(31)29-25(18-30)16-22-8-4-3-5-9-22;1-2-3/h3-5,8-9,12-13,17,24-25,30H,6-7,10-11,14-16,18-20,28H2,1-2H3,(H,29,31);3H,2H2,1H3. The molecule has 0 aromatic heterocycles. The average Bonchev–Trinajstić information content (AvgIpc) is 2.89. The van der Waals surface area contributed by atoms with Crippen molar-refractivity contribution in [3.63, 3.8) is 0 Å². The highest BCUT2D eigenvalue weighted by atomic mass is 16.5. The molecule has 0 aliphatic heterocycles. The molecule has 2 rings (SSSR count). The van der Waals surface area contributed by atoms with E-state index >= 15 is 0 Å². The van der Waals surface area contributed by atoms with E-state index in [0.717, 1.165) is 28.9 Å². The van der Waals surface area contributed by atoms with E-state index < -0.39 is 0 Å². The smallest absolute Gasteiger partial charge is 0.220 e. The molecule has 0 fully saturated rings. The molecule has 2 aromatic carbocycles. The number of hydrogen-bond donors (Lipinski definition) is 4. The van der Waals surface area contributed by atoms with Crippen molar-refractivity contribution in [2.75, 3.05) is 40.1 Å². The normalized spacial score (nSPS) is 12.3. The molecule has 0 spiro atoms. The van der Waals surface area contributed by atoms with Crippen LogP contribution in [0.2, 0.25) is 0 Å². The van der Waals surface area contributed by atoms with Gasteiger partial charge in [-0.05, 0) is 55.9 Å². The largest absolute Gasteiger partial charge is 0.493 e. The number of rotatable bonds is 17. The fourth-order valence-electron chi connectivity index (χ4n) is 3.57. The van der Waals surface area contributed by atoms with Crippen LogP contribution in [0.15, 0.2) is 48.5 Å². The third-order valence-corrected chi connectivity index (χ3v) is 5.49. The Hall–Kier alpha value is -2.49. The van der Waals surface area contributed by atoms with Crippen molar-refractivity contribution in [3.8, 4) is 5.75 Å². The Morgan fingerprint density at radius 3 is 2.46 bits per heavy atom. The molecule has 208 valence electrons. The van der Waals surface area contributed by atoms with Crippen molar-refractivity contribution < 1.29 is 29.2 Å². The van der Waals surface area contributed by atoms with Crippen LogP contribution in [0.4, 0.5) is 0 Å². The molecule has 2 atom stereocenters. The van der Waals surface area contributed by atoms with Crippen LogP contribution >= 0.6 is 0 Å². The molecule has 8 heteroatoms. The van der Waals surface area contributed by atoms with E-state index in [9.17, 15) is 9.90 Å². The van der Waals surface area contributed by atoms with Crippen LogP contribution in [0.1, 0.15) is 49.3 Å². The summed E-state index contributed by atoms with van der Waals surface area (Å²) in [6.07, 6.45) is 3.19. The first kappa shape index (κ1) is 32.5. The maximum atomic E-state index is 12.2. The van der Waals surface area contributed by atoms with Crippen molar-refractivity contribution in [1.29, 1.82) is 0 Å². The van der Waals surface area contributed by atoms with Crippen LogP contribution in [-0.2, 0) is 27.3 Å². The lowest BCUT2D eigenvalue weighted by molar-refractivity contribution is -0.122. The Balaban J connectivity index is 0.00000217. The van der Waals surface area contributed by atoms with Crippen LogP contribution in [0.3, 0.4) is 0 Å². The Labute approximate surface area is 222 Å². The molecule has 2 unspecified atom stereocenters. The molecule has 0 saturated carbocycles. The molecule has 0 heterocycles. The summed E-state index contributed by atoms with van der Waals surface area (Å²) in [6, 6.07) is 15.5. The van der Waals surface area contributed by atoms with Gasteiger partial charge in [0.25, 0.3) is 0 Å². The fraction of sp³-hybridized carbons (Fsp3) is 0.552. The number of carbonyl (C=O) groups is 1. The van der Waals surface area contributed by atoms with Gasteiger partial charge >= 0.3 is 0 Å². The first-order valence-corrected chi connectivity index (χ1v) is 13.0. The molecule has 8 nitrogen and oxygen atoms in total. The number of nitrogens with one attached hydrogen (secondary N) is 1. The van der Waals surface area contributed by atoms with Crippen LogP contribution in [0.5, 0.6) is 5.75 Å². The number of methoxy groups -OCH3 is 1. The molecule has 0 aliphatic carbocycles. The maximum Gasteiger partial charge on any atom is 0.220 e. The molecule has 0 radical (unpaired) electrons. The van der Waals surface area contributed by atoms with Gasteiger partial charge in [0.1, 0.15) is 5.75 Å². The highest BCUT2D eigenvalue weighted by Crippen LogP contribution is 2.20. The van der Waals surface area contributed by atoms with Gasteiger partial charge in [0, 0.05) is 39.2 Å². The van der Waals surface area contributed by atoms with Gasteiger partial charge < -0.3 is 35.5 Å². The first-order chi connectivity index (χ1) is 17.9. The van der Waals surface area contributed by atoms with E-state index in [1.165, 1.54) is 0 Å². The minimum absolute atomic E-state index is 0.0687. The zero-order valence-corrected chi connectivity index (χ0v) is 22.7. The lowest BCUT2D eigenvalue weighted by atomic mass is 10.1. The number of aliphatic hydroxyl groups excluding tert-OH is 2. The Morgan fingerprint density at radius 2 is 1.78 bits per heavy atom. The lowest BCUT2D eigenvalue weighted by Gasteiger charge is -2.17. The van der Waals surface area contributed by atoms with E-state index in [4.69, 9.17) is 25.1 Å². The molecule has 0 saturated heterocycles. The minimum atomic E-state index is -0.282. The van der Waals surface area contributed by atoms with Gasteiger partial charge in [-0.15, -0.1) is 0 Å². The van der Waals surface area contributed by atoms with Crippen molar-refractivity contribution in [3.05, 3.63) is 65.2 Å². The number of ether oxygens (including phenoxy) is 3. The Morgan fingerprint density at radius 1 is 1.05 bits per heavy atom. The number of nitrogens with two attached hydrogens (primary N) is 1. The molecular weight excluding hydrogens is 472 g/mol. The van der Waals surface area contributed by atoms with Crippen LogP contribution in [0, 0.1) is 6.92 Å². The number of hydrogen-bond acceptors (Lipinski definition) is 7. The summed E-state index contributed by atoms with van der Waals surface area (Å²) in [4.78, 5) is 12.2. The third kappa shape index (κ3) is 15.4. The third-order valence-electron chi connectivity index (χ3n) is 5.49. The predicted octanol–water partition coefficient (Wildman–Crippen LogP) is 3.14. The highest BCUT2D eigenvalue weighted by Gasteiger charge is 2.13. The minimum Gasteiger partial charge on any atom is -0.493 e. The summed E-state index contributed by atoms with van der Waals surface area (Å²) >= 11 is 0. The molecule has 37 heavy (non-hydrogen) atoms. The van der Waals surface area contributed by atoms with E-state index in [1.807, 2.05) is 55.5 Å². The van der Waals surface area contributed by atoms with Gasteiger partial charge in [0.2, 0.25) is 5.91 Å². The van der Waals surface area contributed by atoms with E-state index in [-0.39, 0.29) is 31.2 Å². The predicted molar refractivity (Wildman–Crippen MR) is 147 cm³/mol. The zero-order valence-electron chi connectivity index (χ0n) is 22.7. The van der Waals surface area contributed by atoms with Gasteiger partial charge in [-0.1, -0.05) is 42.5 Å². The lowest BCUT2D eigenvalue weighted by Crippen LogP contribution is -2.39. The number of benzene rings is 2. The molecule has 0 aliphatic rings.